The molecule has 2 aromatic rings. The van der Waals surface area contributed by atoms with Crippen molar-refractivity contribution in [2.75, 3.05) is 24.7 Å². The Bertz CT molecular complexity index is 566. The Kier molecular flexibility index (Phi) is 3.89. The summed E-state index contributed by atoms with van der Waals surface area (Å²) in [5, 5.41) is 0.961. The predicted octanol–water partition coefficient (Wildman–Crippen LogP) is 1.11. The molecule has 0 saturated heterocycles. The molecule has 19 heavy (non-hydrogen) atoms. The van der Waals surface area contributed by atoms with Gasteiger partial charge in [0.15, 0.2) is 5.16 Å². The van der Waals surface area contributed by atoms with Crippen LogP contribution in [0.25, 0.3) is 0 Å². The first-order valence-corrected chi connectivity index (χ1v) is 6.68. The fraction of sp³-hybridized carbons (Fsp3) is 0.455. The van der Waals surface area contributed by atoms with Crippen LogP contribution in [0.2, 0.25) is 0 Å². The third kappa shape index (κ3) is 3.14. The van der Waals surface area contributed by atoms with Gasteiger partial charge >= 0.3 is 0 Å². The number of aromatic nitrogens is 5. The van der Waals surface area contributed by atoms with Crippen LogP contribution >= 0.6 is 11.8 Å². The molecule has 2 heterocycles. The molecule has 0 unspecified atom stereocenters. The fourth-order valence-corrected chi connectivity index (χ4v) is 2.33. The van der Waals surface area contributed by atoms with Crippen LogP contribution in [0.1, 0.15) is 18.0 Å². The number of thioether (sulfide) groups is 1. The summed E-state index contributed by atoms with van der Waals surface area (Å²) in [5.74, 6) is 1.46. The minimum absolute atomic E-state index is 0.0464. The highest BCUT2D eigenvalue weighted by Gasteiger charge is 2.16. The van der Waals surface area contributed by atoms with Gasteiger partial charge in [-0.15, -0.1) is 0 Å². The summed E-state index contributed by atoms with van der Waals surface area (Å²) in [6, 6.07) is 0. The molecule has 0 fully saturated rings. The van der Waals surface area contributed by atoms with Crippen LogP contribution in [-0.2, 0) is 7.05 Å². The molecule has 0 saturated carbocycles. The molecule has 0 radical (unpaired) electrons. The molecule has 7 nitrogen and oxygen atoms in total. The van der Waals surface area contributed by atoms with E-state index in [9.17, 15) is 0 Å². The summed E-state index contributed by atoms with van der Waals surface area (Å²) in [5.41, 5.74) is 5.72. The molecular formula is C11H17N7S. The maximum atomic E-state index is 5.72. The number of aryl methyl sites for hydroxylation is 1. The first-order chi connectivity index (χ1) is 8.97. The topological polar surface area (TPSA) is 85.8 Å². The molecular weight excluding hydrogens is 262 g/mol. The number of imidazole rings is 1. The molecule has 8 heteroatoms. The van der Waals surface area contributed by atoms with Gasteiger partial charge in [-0.25, -0.2) is 4.98 Å². The van der Waals surface area contributed by atoms with Crippen molar-refractivity contribution in [1.29, 1.82) is 0 Å². The van der Waals surface area contributed by atoms with E-state index >= 15 is 0 Å². The van der Waals surface area contributed by atoms with Gasteiger partial charge in [0.2, 0.25) is 11.9 Å². The first kappa shape index (κ1) is 13.6. The van der Waals surface area contributed by atoms with Crippen LogP contribution in [-0.4, -0.2) is 38.6 Å². The van der Waals surface area contributed by atoms with Crippen molar-refractivity contribution in [2.24, 2.45) is 7.05 Å². The Labute approximate surface area is 116 Å². The highest BCUT2D eigenvalue weighted by molar-refractivity contribution is 7.99. The van der Waals surface area contributed by atoms with Gasteiger partial charge in [0, 0.05) is 33.5 Å². The standard InChI is InChI=1S/C11H17N7S/c1-7(19-11-13-5-6-18(11)4)8-14-9(12)16-10(15-8)17(2)3/h5-7H,1-4H3,(H2,12,14,15,16)/t7-/m1/s1. The Hall–Kier alpha value is -1.83. The molecule has 0 spiro atoms. The monoisotopic (exact) mass is 279 g/mol. The largest absolute Gasteiger partial charge is 0.368 e. The highest BCUT2D eigenvalue weighted by atomic mass is 32.2. The molecule has 2 aromatic heterocycles. The zero-order valence-electron chi connectivity index (χ0n) is 11.4. The summed E-state index contributed by atoms with van der Waals surface area (Å²) >= 11 is 1.58. The van der Waals surface area contributed by atoms with E-state index in [1.54, 1.807) is 22.9 Å². The summed E-state index contributed by atoms with van der Waals surface area (Å²) in [4.78, 5) is 18.8. The minimum atomic E-state index is 0.0464. The smallest absolute Gasteiger partial charge is 0.229 e. The normalized spacial score (nSPS) is 12.4. The molecule has 1 atom stereocenters. The van der Waals surface area contributed by atoms with E-state index < -0.39 is 0 Å². The van der Waals surface area contributed by atoms with Gasteiger partial charge in [-0.2, -0.15) is 15.0 Å². The van der Waals surface area contributed by atoms with Crippen LogP contribution in [0.15, 0.2) is 17.6 Å². The van der Waals surface area contributed by atoms with E-state index in [1.165, 1.54) is 0 Å². The van der Waals surface area contributed by atoms with Gasteiger partial charge in [0.1, 0.15) is 5.82 Å². The Morgan fingerprint density at radius 3 is 2.63 bits per heavy atom. The summed E-state index contributed by atoms with van der Waals surface area (Å²) in [7, 11) is 5.69. The van der Waals surface area contributed by atoms with Crippen molar-refractivity contribution in [1.82, 2.24) is 24.5 Å². The van der Waals surface area contributed by atoms with Crippen LogP contribution in [0.4, 0.5) is 11.9 Å². The van der Waals surface area contributed by atoms with Crippen LogP contribution in [0, 0.1) is 0 Å². The third-order valence-electron chi connectivity index (χ3n) is 2.48. The molecule has 0 amide bonds. The van der Waals surface area contributed by atoms with Gasteiger partial charge in [-0.05, 0) is 6.92 Å². The molecule has 102 valence electrons. The number of hydrogen-bond acceptors (Lipinski definition) is 7. The molecule has 0 aliphatic carbocycles. The van der Waals surface area contributed by atoms with Crippen LogP contribution in [0.5, 0.6) is 0 Å². The van der Waals surface area contributed by atoms with Crippen LogP contribution < -0.4 is 10.6 Å². The first-order valence-electron chi connectivity index (χ1n) is 5.80. The molecule has 2 N–H and O–H groups in total. The maximum absolute atomic E-state index is 5.72. The van der Waals surface area contributed by atoms with Gasteiger partial charge in [0.05, 0.1) is 5.25 Å². The lowest BCUT2D eigenvalue weighted by Crippen LogP contribution is -2.16. The number of nitrogens with two attached hydrogens (primary N) is 1. The van der Waals surface area contributed by atoms with E-state index in [0.717, 1.165) is 5.16 Å². The lowest BCUT2D eigenvalue weighted by atomic mass is 10.4. The number of hydrogen-bond donors (Lipinski definition) is 1. The average Bonchev–Trinajstić information content (AvgIpc) is 2.74. The lowest BCUT2D eigenvalue weighted by molar-refractivity contribution is 0.781. The number of nitrogens with zero attached hydrogens (tertiary/aromatic N) is 6. The average molecular weight is 279 g/mol. The van der Waals surface area contributed by atoms with Crippen molar-refractivity contribution in [2.45, 2.75) is 17.3 Å². The quantitative estimate of drug-likeness (QED) is 0.839. The summed E-state index contributed by atoms with van der Waals surface area (Å²) < 4.78 is 1.96. The van der Waals surface area contributed by atoms with E-state index in [2.05, 4.69) is 19.9 Å². The summed E-state index contributed by atoms with van der Waals surface area (Å²) in [6.45, 7) is 2.02. The number of rotatable bonds is 4. The van der Waals surface area contributed by atoms with Crippen molar-refractivity contribution < 1.29 is 0 Å². The van der Waals surface area contributed by atoms with E-state index in [4.69, 9.17) is 5.73 Å². The van der Waals surface area contributed by atoms with E-state index in [-0.39, 0.29) is 11.2 Å². The zero-order chi connectivity index (χ0) is 14.0. The second-order valence-electron chi connectivity index (χ2n) is 4.33. The highest BCUT2D eigenvalue weighted by Crippen LogP contribution is 2.32. The molecule has 2 rings (SSSR count). The second kappa shape index (κ2) is 5.43. The number of anilines is 2. The zero-order valence-corrected chi connectivity index (χ0v) is 12.2. The van der Waals surface area contributed by atoms with Gasteiger partial charge in [0.25, 0.3) is 0 Å². The molecule has 0 bridgehead atoms. The Morgan fingerprint density at radius 1 is 1.32 bits per heavy atom. The van der Waals surface area contributed by atoms with Gasteiger partial charge < -0.3 is 15.2 Å². The van der Waals surface area contributed by atoms with Crippen LogP contribution in [0.3, 0.4) is 0 Å². The predicted molar refractivity (Wildman–Crippen MR) is 76.0 cm³/mol. The van der Waals surface area contributed by atoms with Crippen molar-refractivity contribution in [3.63, 3.8) is 0 Å². The maximum Gasteiger partial charge on any atom is 0.229 e. The Morgan fingerprint density at radius 2 is 2.05 bits per heavy atom. The van der Waals surface area contributed by atoms with Gasteiger partial charge in [-0.1, -0.05) is 11.8 Å². The summed E-state index contributed by atoms with van der Waals surface area (Å²) in [6.07, 6.45) is 3.67. The third-order valence-corrected chi connectivity index (χ3v) is 3.65. The van der Waals surface area contributed by atoms with Crippen molar-refractivity contribution >= 4 is 23.7 Å². The molecule has 0 aromatic carbocycles. The molecule has 0 aliphatic heterocycles. The minimum Gasteiger partial charge on any atom is -0.368 e. The fourth-order valence-electron chi connectivity index (χ4n) is 1.46. The van der Waals surface area contributed by atoms with Crippen molar-refractivity contribution in [3.05, 3.63) is 18.2 Å². The number of nitrogen functional groups attached to an aromatic ring is 1. The van der Waals surface area contributed by atoms with E-state index in [1.807, 2.05) is 38.8 Å². The SMILES string of the molecule is C[C@@H](Sc1nccn1C)c1nc(N)nc(N(C)C)n1. The second-order valence-corrected chi connectivity index (χ2v) is 5.63. The molecule has 0 aliphatic rings. The Balaban J connectivity index is 2.23. The van der Waals surface area contributed by atoms with Gasteiger partial charge in [-0.3, -0.25) is 0 Å². The van der Waals surface area contributed by atoms with E-state index in [0.29, 0.717) is 11.8 Å². The lowest BCUT2D eigenvalue weighted by Gasteiger charge is -2.14. The van der Waals surface area contributed by atoms with Crippen molar-refractivity contribution in [3.8, 4) is 0 Å².